The summed E-state index contributed by atoms with van der Waals surface area (Å²) in [7, 11) is 4.93. The van der Waals surface area contributed by atoms with Gasteiger partial charge in [0.05, 0.1) is 23.9 Å². The van der Waals surface area contributed by atoms with Gasteiger partial charge in [-0.3, -0.25) is 14.5 Å². The number of alkyl halides is 1. The molecule has 4 heterocycles. The maximum atomic E-state index is 14.9. The third-order valence-electron chi connectivity index (χ3n) is 7.79. The number of ether oxygens (including phenoxy) is 2. The van der Waals surface area contributed by atoms with Crippen molar-refractivity contribution < 1.29 is 28.0 Å². The number of rotatable bonds is 7. The van der Waals surface area contributed by atoms with Crippen molar-refractivity contribution in [1.29, 1.82) is 0 Å². The van der Waals surface area contributed by atoms with E-state index >= 15 is 0 Å². The molecule has 0 radical (unpaired) electrons. The second kappa shape index (κ2) is 11.9. The molecule has 3 aromatic heterocycles. The van der Waals surface area contributed by atoms with Gasteiger partial charge in [-0.2, -0.15) is 0 Å². The maximum Gasteiger partial charge on any atom is 0.414 e. The number of amides is 2. The lowest BCUT2D eigenvalue weighted by Gasteiger charge is -2.35. The van der Waals surface area contributed by atoms with Crippen molar-refractivity contribution in [2.24, 2.45) is 0 Å². The van der Waals surface area contributed by atoms with Gasteiger partial charge in [0.2, 0.25) is 5.76 Å². The zero-order valence-electron chi connectivity index (χ0n) is 25.2. The minimum absolute atomic E-state index is 0.0802. The predicted molar refractivity (Wildman–Crippen MR) is 158 cm³/mol. The molecule has 3 aromatic rings. The van der Waals surface area contributed by atoms with E-state index in [9.17, 15) is 18.8 Å². The van der Waals surface area contributed by atoms with Crippen LogP contribution in [0.5, 0.6) is 0 Å². The first-order valence-corrected chi connectivity index (χ1v) is 14.3. The molecule has 13 nitrogen and oxygen atoms in total. The van der Waals surface area contributed by atoms with Gasteiger partial charge < -0.3 is 34.1 Å². The van der Waals surface area contributed by atoms with Crippen molar-refractivity contribution in [3.05, 3.63) is 40.5 Å². The number of anilines is 3. The second-order valence-corrected chi connectivity index (χ2v) is 12.1. The molecular formula is C29H38FN7O6. The van der Waals surface area contributed by atoms with Crippen LogP contribution in [0.25, 0.3) is 11.0 Å². The summed E-state index contributed by atoms with van der Waals surface area (Å²) < 4.78 is 32.7. The van der Waals surface area contributed by atoms with E-state index < -0.39 is 35.4 Å². The van der Waals surface area contributed by atoms with Crippen molar-refractivity contribution in [3.8, 4) is 0 Å². The molecule has 2 fully saturated rings. The molecule has 5 rings (SSSR count). The van der Waals surface area contributed by atoms with Crippen molar-refractivity contribution in [2.75, 3.05) is 44.5 Å². The summed E-state index contributed by atoms with van der Waals surface area (Å²) in [5.74, 6) is -0.553. The Kier molecular flexibility index (Phi) is 8.43. The first kappa shape index (κ1) is 30.4. The highest BCUT2D eigenvalue weighted by Gasteiger charge is 2.35. The van der Waals surface area contributed by atoms with Crippen LogP contribution < -0.4 is 21.1 Å². The van der Waals surface area contributed by atoms with E-state index in [1.54, 1.807) is 46.2 Å². The Morgan fingerprint density at radius 3 is 2.63 bits per heavy atom. The molecule has 2 amide bonds. The molecule has 14 heteroatoms. The fourth-order valence-electron chi connectivity index (χ4n) is 5.32. The van der Waals surface area contributed by atoms with Crippen molar-refractivity contribution >= 4 is 40.2 Å². The fourth-order valence-corrected chi connectivity index (χ4v) is 5.32. The number of pyridine rings is 2. The predicted octanol–water partition coefficient (Wildman–Crippen LogP) is 3.62. The number of hydrogen-bond acceptors (Lipinski definition) is 10. The van der Waals surface area contributed by atoms with E-state index in [0.717, 1.165) is 12.8 Å². The monoisotopic (exact) mass is 599 g/mol. The number of fused-ring (bicyclic) bond motifs is 1. The van der Waals surface area contributed by atoms with E-state index in [-0.39, 0.29) is 52.7 Å². The summed E-state index contributed by atoms with van der Waals surface area (Å²) >= 11 is 0. The molecule has 0 spiro atoms. The molecule has 0 aromatic carbocycles. The first-order valence-electron chi connectivity index (χ1n) is 14.3. The topological polar surface area (TPSA) is 144 Å². The van der Waals surface area contributed by atoms with Gasteiger partial charge in [0.1, 0.15) is 28.8 Å². The molecular weight excluding hydrogens is 561 g/mol. The average Bonchev–Trinajstić information content (AvgIpc) is 3.35. The van der Waals surface area contributed by atoms with Crippen LogP contribution in [0.2, 0.25) is 0 Å². The number of aromatic nitrogens is 3. The number of hydrogen-bond donors (Lipinski definition) is 2. The van der Waals surface area contributed by atoms with E-state index in [1.165, 1.54) is 22.6 Å². The molecule has 0 bridgehead atoms. The van der Waals surface area contributed by atoms with Crippen LogP contribution in [-0.4, -0.2) is 89.8 Å². The minimum Gasteiger partial charge on any atom is -0.443 e. The molecule has 1 saturated heterocycles. The highest BCUT2D eigenvalue weighted by molar-refractivity contribution is 6.07. The van der Waals surface area contributed by atoms with Gasteiger partial charge in [-0.15, -0.1) is 0 Å². The molecule has 1 aliphatic carbocycles. The highest BCUT2D eigenvalue weighted by Crippen LogP contribution is 2.32. The van der Waals surface area contributed by atoms with Gasteiger partial charge in [0.15, 0.2) is 5.52 Å². The number of nitrogens with zero attached hydrogens (tertiary/aromatic N) is 5. The summed E-state index contributed by atoms with van der Waals surface area (Å²) in [5, 5.41) is 9.96. The molecule has 1 aliphatic heterocycles. The lowest BCUT2D eigenvalue weighted by Crippen LogP contribution is -2.51. The lowest BCUT2D eigenvalue weighted by atomic mass is 9.89. The Morgan fingerprint density at radius 1 is 1.21 bits per heavy atom. The Balaban J connectivity index is 1.52. The Bertz CT molecular complexity index is 1560. The van der Waals surface area contributed by atoms with Gasteiger partial charge in [0, 0.05) is 39.5 Å². The van der Waals surface area contributed by atoms with E-state index in [4.69, 9.17) is 14.0 Å². The van der Waals surface area contributed by atoms with Crippen LogP contribution in [0.4, 0.5) is 26.4 Å². The zero-order chi connectivity index (χ0) is 31.1. The second-order valence-electron chi connectivity index (χ2n) is 12.1. The molecule has 1 unspecified atom stereocenters. The van der Waals surface area contributed by atoms with Crippen LogP contribution in [0.3, 0.4) is 0 Å². The highest BCUT2D eigenvalue weighted by atomic mass is 19.1. The lowest BCUT2D eigenvalue weighted by molar-refractivity contribution is 0.00677. The summed E-state index contributed by atoms with van der Waals surface area (Å²) in [6, 6.07) is 3.93. The van der Waals surface area contributed by atoms with Crippen LogP contribution in [0, 0.1) is 0 Å². The maximum absolute atomic E-state index is 14.9. The third-order valence-corrected chi connectivity index (χ3v) is 7.79. The van der Waals surface area contributed by atoms with Crippen LogP contribution >= 0.6 is 0 Å². The standard InChI is InChI=1S/C29H38FN7O6/c1-29(2,3)42-28(40)36(5)20-14-22(31-18-8-7-12-37(27(18)39)19-11-13-35(4)15-16(19)30)33-24-23(20)34-43-25(24)26(38)32-17-9-10-21(17)41-6/h7-8,12,14,16-17,19,21H,9-11,13,15H2,1-6H3,(H,31,33)(H,32,38)/t16-,17+,19?,21+/m0/s1. The number of carbonyl (C=O) groups is 2. The number of piperidine rings is 1. The van der Waals surface area contributed by atoms with Crippen LogP contribution in [-0.2, 0) is 9.47 Å². The smallest absolute Gasteiger partial charge is 0.414 e. The molecule has 2 N–H and O–H groups in total. The van der Waals surface area contributed by atoms with E-state index in [0.29, 0.717) is 13.0 Å². The van der Waals surface area contributed by atoms with Crippen molar-refractivity contribution in [3.63, 3.8) is 0 Å². The van der Waals surface area contributed by atoms with Crippen molar-refractivity contribution in [1.82, 2.24) is 24.9 Å². The molecule has 4 atom stereocenters. The van der Waals surface area contributed by atoms with Crippen LogP contribution in [0.1, 0.15) is 56.6 Å². The quantitative estimate of drug-likeness (QED) is 0.413. The molecule has 2 aliphatic rings. The average molecular weight is 600 g/mol. The van der Waals surface area contributed by atoms with Gasteiger partial charge >= 0.3 is 6.09 Å². The SMILES string of the molecule is CO[C@@H]1CC[C@H]1NC(=O)c1onc2c(N(C)C(=O)OC(C)(C)C)cc(Nc3cccn(C4CCN(C)C[C@@H]4F)c3=O)nc12. The fraction of sp³-hybridized carbons (Fsp3) is 0.552. The summed E-state index contributed by atoms with van der Waals surface area (Å²) in [4.78, 5) is 47.4. The first-order chi connectivity index (χ1) is 20.4. The summed E-state index contributed by atoms with van der Waals surface area (Å²) in [5.41, 5.74) is -0.590. The Hall–Kier alpha value is -4.04. The van der Waals surface area contributed by atoms with Gasteiger partial charge in [0.25, 0.3) is 11.5 Å². The molecule has 232 valence electrons. The van der Waals surface area contributed by atoms with Crippen molar-refractivity contribution in [2.45, 2.75) is 70.0 Å². The van der Waals surface area contributed by atoms with Gasteiger partial charge in [-0.25, -0.2) is 14.2 Å². The number of likely N-dealkylation sites (tertiary alicyclic amines) is 1. The number of carbonyl (C=O) groups excluding carboxylic acids is 2. The number of nitrogens with one attached hydrogen (secondary N) is 2. The number of halogens is 1. The van der Waals surface area contributed by atoms with E-state index in [1.807, 2.05) is 11.9 Å². The van der Waals surface area contributed by atoms with Crippen LogP contribution in [0.15, 0.2) is 33.7 Å². The normalized spacial score (nSPS) is 22.6. The molecule has 1 saturated carbocycles. The Labute approximate surface area is 248 Å². The van der Waals surface area contributed by atoms with Gasteiger partial charge in [-0.1, -0.05) is 5.16 Å². The zero-order valence-corrected chi connectivity index (χ0v) is 25.2. The van der Waals surface area contributed by atoms with E-state index in [2.05, 4.69) is 20.8 Å². The minimum atomic E-state index is -1.21. The van der Waals surface area contributed by atoms with Gasteiger partial charge in [-0.05, 0) is 59.2 Å². The summed E-state index contributed by atoms with van der Waals surface area (Å²) in [6.07, 6.45) is 1.65. The molecule has 43 heavy (non-hydrogen) atoms. The number of methoxy groups -OCH3 is 1. The Morgan fingerprint density at radius 2 is 1.98 bits per heavy atom. The third kappa shape index (κ3) is 6.34. The summed E-state index contributed by atoms with van der Waals surface area (Å²) in [6.45, 7) is 6.13. The largest absolute Gasteiger partial charge is 0.443 e.